The Hall–Kier alpha value is -1.05. The third kappa shape index (κ3) is 26.3. The van der Waals surface area contributed by atoms with E-state index in [2.05, 4.69) is 24.8 Å². The molecule has 0 aromatic carbocycles. The topological polar surface area (TPSA) is 59.1 Å². The fourth-order valence-electron chi connectivity index (χ4n) is 3.70. The van der Waals surface area contributed by atoms with E-state index < -0.39 is 0 Å². The quantitative estimate of drug-likeness (QED) is 0.0476. The van der Waals surface area contributed by atoms with Crippen molar-refractivity contribution in [3.8, 4) is 0 Å². The Balaban J connectivity index is 3.87. The van der Waals surface area contributed by atoms with E-state index in [9.17, 15) is 9.59 Å². The highest BCUT2D eigenvalue weighted by Crippen LogP contribution is 2.14. The summed E-state index contributed by atoms with van der Waals surface area (Å²) in [6.45, 7) is 8.74. The number of thioether (sulfide) groups is 1. The van der Waals surface area contributed by atoms with Gasteiger partial charge in [0.2, 0.25) is 0 Å². The summed E-state index contributed by atoms with van der Waals surface area (Å²) in [7, 11) is 4.04. The van der Waals surface area contributed by atoms with E-state index in [0.29, 0.717) is 26.2 Å². The van der Waals surface area contributed by atoms with Crippen LogP contribution in [0.4, 0.5) is 4.79 Å². The number of nitrogens with zero attached hydrogens (tertiary/aromatic N) is 2. The predicted octanol–water partition coefficient (Wildman–Crippen LogP) is 8.22. The number of carbonyl (C=O) groups is 2. The second kappa shape index (κ2) is 28.0. The van der Waals surface area contributed by atoms with Crippen molar-refractivity contribution in [2.24, 2.45) is 0 Å². The molecule has 0 unspecified atom stereocenters. The number of unbranched alkanes of at least 4 members (excludes halogenated alkanes) is 13. The van der Waals surface area contributed by atoms with Crippen molar-refractivity contribution in [3.63, 3.8) is 0 Å². The van der Waals surface area contributed by atoms with Crippen molar-refractivity contribution in [2.45, 2.75) is 116 Å². The third-order valence-corrected chi connectivity index (χ3v) is 6.89. The summed E-state index contributed by atoms with van der Waals surface area (Å²) in [6.07, 6.45) is 22.1. The minimum atomic E-state index is -0.124. The summed E-state index contributed by atoms with van der Waals surface area (Å²) in [5, 5.41) is 1.62. The maximum absolute atomic E-state index is 12.6. The molecule has 0 aromatic rings. The second-order valence-electron chi connectivity index (χ2n) is 9.99. The van der Waals surface area contributed by atoms with Crippen LogP contribution < -0.4 is 0 Å². The van der Waals surface area contributed by atoms with E-state index in [1.54, 1.807) is 5.06 Å². The van der Waals surface area contributed by atoms with Gasteiger partial charge in [0.05, 0.1) is 19.6 Å². The van der Waals surface area contributed by atoms with E-state index in [-0.39, 0.29) is 11.2 Å². The molecular formula is C30H57N2O4S. The molecule has 1 radical (unpaired) electrons. The van der Waals surface area contributed by atoms with Crippen LogP contribution in [0.25, 0.3) is 0 Å². The van der Waals surface area contributed by atoms with Crippen LogP contribution in [-0.4, -0.2) is 67.3 Å². The largest absolute Gasteiger partial charge is 0.465 e. The van der Waals surface area contributed by atoms with Crippen LogP contribution in [0.3, 0.4) is 0 Å². The minimum Gasteiger partial charge on any atom is -0.465 e. The predicted molar refractivity (Wildman–Crippen MR) is 159 cm³/mol. The zero-order valence-corrected chi connectivity index (χ0v) is 25.2. The summed E-state index contributed by atoms with van der Waals surface area (Å²) >= 11 is 1.35. The number of amides is 1. The van der Waals surface area contributed by atoms with Crippen LogP contribution in [-0.2, 0) is 14.4 Å². The molecule has 0 saturated heterocycles. The standard InChI is InChI=1S/C30H57N2O4S/c1-5-7-9-11-15-19-23-29(33)35-26-21-17-13-14-18-22-27-36-32(24-20-16-12-10-8-6-2)30(34)37-28-25-31(3)4/h15,19H,2,5-14,16-18,20-28H2,1,3-4H3/b19-15-. The van der Waals surface area contributed by atoms with Gasteiger partial charge in [0.25, 0.3) is 0 Å². The Bertz CT molecular complexity index is 558. The van der Waals surface area contributed by atoms with Crippen molar-refractivity contribution < 1.29 is 19.2 Å². The first-order valence-electron chi connectivity index (χ1n) is 14.8. The van der Waals surface area contributed by atoms with Crippen molar-refractivity contribution in [3.05, 3.63) is 19.1 Å². The molecule has 0 spiro atoms. The number of hydrogen-bond acceptors (Lipinski definition) is 6. The Morgan fingerprint density at radius 1 is 0.784 bits per heavy atom. The molecule has 0 aliphatic carbocycles. The second-order valence-corrected chi connectivity index (χ2v) is 11.0. The van der Waals surface area contributed by atoms with Gasteiger partial charge in [-0.15, -0.1) is 0 Å². The lowest BCUT2D eigenvalue weighted by atomic mass is 10.1. The van der Waals surface area contributed by atoms with Gasteiger partial charge in [0, 0.05) is 18.8 Å². The van der Waals surface area contributed by atoms with Gasteiger partial charge in [0.1, 0.15) is 0 Å². The summed E-state index contributed by atoms with van der Waals surface area (Å²) in [5.74, 6) is 0.654. The number of ether oxygens (including phenoxy) is 1. The van der Waals surface area contributed by atoms with Crippen molar-refractivity contribution in [2.75, 3.05) is 46.2 Å². The lowest BCUT2D eigenvalue weighted by Crippen LogP contribution is -2.30. The molecule has 0 heterocycles. The number of allylic oxidation sites excluding steroid dienone is 1. The van der Waals surface area contributed by atoms with Crippen LogP contribution in [0.2, 0.25) is 0 Å². The van der Waals surface area contributed by atoms with Crippen molar-refractivity contribution in [1.82, 2.24) is 9.96 Å². The molecule has 37 heavy (non-hydrogen) atoms. The number of esters is 1. The molecule has 0 bridgehead atoms. The van der Waals surface area contributed by atoms with E-state index in [1.165, 1.54) is 50.3 Å². The lowest BCUT2D eigenvalue weighted by Gasteiger charge is -2.22. The molecule has 0 aliphatic rings. The molecule has 7 heteroatoms. The van der Waals surface area contributed by atoms with Gasteiger partial charge in [-0.05, 0) is 46.2 Å². The van der Waals surface area contributed by atoms with Crippen molar-refractivity contribution >= 4 is 23.0 Å². The maximum atomic E-state index is 12.6. The smallest absolute Gasteiger partial charge is 0.309 e. The minimum absolute atomic E-state index is 0.0288. The van der Waals surface area contributed by atoms with Gasteiger partial charge in [-0.1, -0.05) is 108 Å². The van der Waals surface area contributed by atoms with Crippen molar-refractivity contribution in [1.29, 1.82) is 0 Å². The lowest BCUT2D eigenvalue weighted by molar-refractivity contribution is -0.142. The third-order valence-electron chi connectivity index (χ3n) is 6.05. The normalized spacial score (nSPS) is 11.5. The number of hydrogen-bond donors (Lipinski definition) is 0. The fourth-order valence-corrected chi connectivity index (χ4v) is 4.62. The summed E-state index contributed by atoms with van der Waals surface area (Å²) in [6, 6.07) is 0. The average Bonchev–Trinajstić information content (AvgIpc) is 2.87. The summed E-state index contributed by atoms with van der Waals surface area (Å²) in [5.41, 5.74) is 0. The molecule has 0 atom stereocenters. The SMILES string of the molecule is [CH2]CCCCCCCN(OCCCCCCCCOC(=O)C/C=C\CCCCC)C(=O)SCCN(C)C. The van der Waals surface area contributed by atoms with E-state index in [4.69, 9.17) is 9.57 Å². The number of rotatable bonds is 26. The highest BCUT2D eigenvalue weighted by Gasteiger charge is 2.15. The molecule has 0 rings (SSSR count). The van der Waals surface area contributed by atoms with Gasteiger partial charge in [0.15, 0.2) is 0 Å². The van der Waals surface area contributed by atoms with Gasteiger partial charge < -0.3 is 9.64 Å². The zero-order chi connectivity index (χ0) is 27.4. The molecule has 0 N–H and O–H groups in total. The Morgan fingerprint density at radius 3 is 2.11 bits per heavy atom. The monoisotopic (exact) mass is 541 g/mol. The molecule has 0 aliphatic heterocycles. The van der Waals surface area contributed by atoms with Gasteiger partial charge in [-0.3, -0.25) is 14.4 Å². The Labute approximate surface area is 233 Å². The van der Waals surface area contributed by atoms with E-state index in [1.807, 2.05) is 20.2 Å². The van der Waals surface area contributed by atoms with Gasteiger partial charge in [-0.2, -0.15) is 0 Å². The van der Waals surface area contributed by atoms with Crippen LogP contribution in [0.5, 0.6) is 0 Å². The van der Waals surface area contributed by atoms with E-state index in [0.717, 1.165) is 76.5 Å². The first-order chi connectivity index (χ1) is 18.0. The van der Waals surface area contributed by atoms with Crippen LogP contribution in [0.15, 0.2) is 12.2 Å². The Morgan fingerprint density at radius 2 is 1.43 bits per heavy atom. The van der Waals surface area contributed by atoms with Gasteiger partial charge in [-0.25, -0.2) is 5.06 Å². The zero-order valence-electron chi connectivity index (χ0n) is 24.4. The van der Waals surface area contributed by atoms with Crippen LogP contribution in [0, 0.1) is 6.92 Å². The highest BCUT2D eigenvalue weighted by atomic mass is 32.2. The van der Waals surface area contributed by atoms with E-state index >= 15 is 0 Å². The molecule has 6 nitrogen and oxygen atoms in total. The number of carbonyl (C=O) groups excluding carboxylic acids is 2. The molecule has 0 saturated carbocycles. The molecule has 0 aromatic heterocycles. The van der Waals surface area contributed by atoms with Crippen LogP contribution >= 0.6 is 11.8 Å². The molecule has 0 fully saturated rings. The highest BCUT2D eigenvalue weighted by molar-refractivity contribution is 8.13. The summed E-state index contributed by atoms with van der Waals surface area (Å²) < 4.78 is 5.31. The maximum Gasteiger partial charge on any atom is 0.309 e. The summed E-state index contributed by atoms with van der Waals surface area (Å²) in [4.78, 5) is 32.3. The van der Waals surface area contributed by atoms with Gasteiger partial charge >= 0.3 is 11.2 Å². The number of hydroxylamine groups is 2. The first kappa shape index (κ1) is 35.9. The first-order valence-corrected chi connectivity index (χ1v) is 15.8. The van der Waals surface area contributed by atoms with Crippen LogP contribution in [0.1, 0.15) is 116 Å². The molecule has 217 valence electrons. The molecular weight excluding hydrogens is 484 g/mol. The fraction of sp³-hybridized carbons (Fsp3) is 0.833. The Kier molecular flexibility index (Phi) is 27.2. The average molecular weight is 542 g/mol. The molecule has 1 amide bonds.